The molecular formula is C17H33N. The van der Waals surface area contributed by atoms with Gasteiger partial charge in [0.1, 0.15) is 0 Å². The highest BCUT2D eigenvalue weighted by Crippen LogP contribution is 2.09. The molecule has 0 aliphatic rings. The zero-order chi connectivity index (χ0) is 13.5. The van der Waals surface area contributed by atoms with Crippen molar-refractivity contribution in [1.82, 2.24) is 4.90 Å². The maximum absolute atomic E-state index is 3.80. The van der Waals surface area contributed by atoms with Gasteiger partial charge in [0, 0.05) is 13.1 Å². The predicted octanol–water partition coefficient (Wildman–Crippen LogP) is 5.19. The molecule has 0 bridgehead atoms. The summed E-state index contributed by atoms with van der Waals surface area (Å²) in [4.78, 5) is 2.40. The quantitative estimate of drug-likeness (QED) is 0.303. The number of hydrogen-bond acceptors (Lipinski definition) is 1. The maximum atomic E-state index is 3.80. The van der Waals surface area contributed by atoms with Crippen LogP contribution in [0.1, 0.15) is 64.7 Å². The van der Waals surface area contributed by atoms with Crippen molar-refractivity contribution in [3.05, 3.63) is 25.3 Å². The number of unbranched alkanes of at least 4 members (excludes halogenated alkanes) is 8. The molecule has 0 atom stereocenters. The van der Waals surface area contributed by atoms with E-state index in [0.29, 0.717) is 0 Å². The third-order valence-corrected chi connectivity index (χ3v) is 3.35. The van der Waals surface area contributed by atoms with E-state index in [4.69, 9.17) is 0 Å². The summed E-state index contributed by atoms with van der Waals surface area (Å²) in [7, 11) is 0. The lowest BCUT2D eigenvalue weighted by Crippen LogP contribution is -2.24. The van der Waals surface area contributed by atoms with Gasteiger partial charge in [-0.15, -0.1) is 13.2 Å². The lowest BCUT2D eigenvalue weighted by molar-refractivity contribution is 0.324. The van der Waals surface area contributed by atoms with E-state index in [0.717, 1.165) is 13.1 Å². The summed E-state index contributed by atoms with van der Waals surface area (Å²) in [5.74, 6) is 0. The van der Waals surface area contributed by atoms with E-state index in [9.17, 15) is 0 Å². The lowest BCUT2D eigenvalue weighted by atomic mass is 10.1. The van der Waals surface area contributed by atoms with Gasteiger partial charge in [0.2, 0.25) is 0 Å². The Kier molecular flexibility index (Phi) is 14.0. The van der Waals surface area contributed by atoms with Crippen LogP contribution in [0, 0.1) is 0 Å². The third kappa shape index (κ3) is 11.9. The SMILES string of the molecule is C=CCN(CC=C)CCCCCCCCCCC. The Morgan fingerprint density at radius 1 is 0.722 bits per heavy atom. The maximum Gasteiger partial charge on any atom is 0.0163 e. The highest BCUT2D eigenvalue weighted by molar-refractivity contribution is 4.79. The standard InChI is InChI=1S/C17H33N/c1-4-7-8-9-10-11-12-13-14-17-18(15-5-2)16-6-3/h5-6H,2-4,7-17H2,1H3. The molecule has 0 spiro atoms. The van der Waals surface area contributed by atoms with Crippen molar-refractivity contribution in [3.63, 3.8) is 0 Å². The van der Waals surface area contributed by atoms with Gasteiger partial charge in [-0.2, -0.15) is 0 Å². The van der Waals surface area contributed by atoms with Gasteiger partial charge in [-0.3, -0.25) is 4.90 Å². The molecular weight excluding hydrogens is 218 g/mol. The van der Waals surface area contributed by atoms with Crippen LogP contribution in [-0.4, -0.2) is 24.5 Å². The van der Waals surface area contributed by atoms with E-state index >= 15 is 0 Å². The van der Waals surface area contributed by atoms with Gasteiger partial charge in [0.15, 0.2) is 0 Å². The fourth-order valence-corrected chi connectivity index (χ4v) is 2.27. The molecule has 1 nitrogen and oxygen atoms in total. The Bertz CT molecular complexity index is 176. The van der Waals surface area contributed by atoms with Gasteiger partial charge in [-0.1, -0.05) is 70.4 Å². The van der Waals surface area contributed by atoms with Crippen molar-refractivity contribution < 1.29 is 0 Å². The van der Waals surface area contributed by atoms with Crippen molar-refractivity contribution in [2.75, 3.05) is 19.6 Å². The van der Waals surface area contributed by atoms with Crippen LogP contribution in [-0.2, 0) is 0 Å². The van der Waals surface area contributed by atoms with Gasteiger partial charge in [-0.25, -0.2) is 0 Å². The van der Waals surface area contributed by atoms with Crippen molar-refractivity contribution in [3.8, 4) is 0 Å². The molecule has 0 aromatic carbocycles. The molecule has 106 valence electrons. The zero-order valence-electron chi connectivity index (χ0n) is 12.5. The molecule has 0 aromatic rings. The Labute approximate surface area is 115 Å². The zero-order valence-corrected chi connectivity index (χ0v) is 12.5. The predicted molar refractivity (Wildman–Crippen MR) is 84.1 cm³/mol. The van der Waals surface area contributed by atoms with Crippen LogP contribution < -0.4 is 0 Å². The molecule has 0 saturated heterocycles. The Balaban J connectivity index is 3.26. The smallest absolute Gasteiger partial charge is 0.0163 e. The van der Waals surface area contributed by atoms with Crippen LogP contribution in [0.5, 0.6) is 0 Å². The van der Waals surface area contributed by atoms with Crippen molar-refractivity contribution in [2.24, 2.45) is 0 Å². The molecule has 0 heterocycles. The Morgan fingerprint density at radius 3 is 1.61 bits per heavy atom. The van der Waals surface area contributed by atoms with Crippen LogP contribution >= 0.6 is 0 Å². The Hall–Kier alpha value is -0.560. The van der Waals surface area contributed by atoms with Crippen LogP contribution in [0.15, 0.2) is 25.3 Å². The average Bonchev–Trinajstić information content (AvgIpc) is 2.37. The second-order valence-corrected chi connectivity index (χ2v) is 5.17. The van der Waals surface area contributed by atoms with Gasteiger partial charge >= 0.3 is 0 Å². The normalized spacial score (nSPS) is 10.8. The molecule has 0 rings (SSSR count). The second kappa shape index (κ2) is 14.5. The summed E-state index contributed by atoms with van der Waals surface area (Å²) in [5, 5.41) is 0. The molecule has 1 heteroatoms. The fourth-order valence-electron chi connectivity index (χ4n) is 2.27. The number of hydrogen-bond donors (Lipinski definition) is 0. The van der Waals surface area contributed by atoms with E-state index in [1.54, 1.807) is 0 Å². The van der Waals surface area contributed by atoms with E-state index < -0.39 is 0 Å². The molecule has 0 N–H and O–H groups in total. The molecule has 18 heavy (non-hydrogen) atoms. The molecule has 0 unspecified atom stereocenters. The highest BCUT2D eigenvalue weighted by Gasteiger charge is 1.99. The Morgan fingerprint density at radius 2 is 1.17 bits per heavy atom. The molecule has 0 aliphatic carbocycles. The van der Waals surface area contributed by atoms with E-state index in [-0.39, 0.29) is 0 Å². The van der Waals surface area contributed by atoms with Gasteiger partial charge < -0.3 is 0 Å². The van der Waals surface area contributed by atoms with Crippen molar-refractivity contribution in [2.45, 2.75) is 64.7 Å². The minimum absolute atomic E-state index is 0.989. The van der Waals surface area contributed by atoms with Crippen molar-refractivity contribution >= 4 is 0 Å². The minimum atomic E-state index is 0.989. The lowest BCUT2D eigenvalue weighted by Gasteiger charge is -2.18. The first-order valence-electron chi connectivity index (χ1n) is 7.79. The largest absolute Gasteiger partial charge is 0.296 e. The number of rotatable bonds is 14. The van der Waals surface area contributed by atoms with Crippen LogP contribution in [0.3, 0.4) is 0 Å². The molecule has 0 aromatic heterocycles. The van der Waals surface area contributed by atoms with Gasteiger partial charge in [0.25, 0.3) is 0 Å². The molecule has 0 saturated carbocycles. The summed E-state index contributed by atoms with van der Waals surface area (Å²) in [5.41, 5.74) is 0. The third-order valence-electron chi connectivity index (χ3n) is 3.35. The number of nitrogens with zero attached hydrogens (tertiary/aromatic N) is 1. The summed E-state index contributed by atoms with van der Waals surface area (Å²) < 4.78 is 0. The summed E-state index contributed by atoms with van der Waals surface area (Å²) in [6.45, 7) is 13.0. The first kappa shape index (κ1) is 17.4. The van der Waals surface area contributed by atoms with Crippen molar-refractivity contribution in [1.29, 1.82) is 0 Å². The molecule has 0 fully saturated rings. The van der Waals surface area contributed by atoms with Gasteiger partial charge in [-0.05, 0) is 13.0 Å². The molecule has 0 aliphatic heterocycles. The summed E-state index contributed by atoms with van der Waals surface area (Å²) >= 11 is 0. The van der Waals surface area contributed by atoms with Crippen LogP contribution in [0.4, 0.5) is 0 Å². The highest BCUT2D eigenvalue weighted by atomic mass is 15.1. The summed E-state index contributed by atoms with van der Waals surface area (Å²) in [6, 6.07) is 0. The first-order chi connectivity index (χ1) is 8.85. The van der Waals surface area contributed by atoms with Crippen LogP contribution in [0.2, 0.25) is 0 Å². The summed E-state index contributed by atoms with van der Waals surface area (Å²) in [6.07, 6.45) is 16.6. The second-order valence-electron chi connectivity index (χ2n) is 5.17. The van der Waals surface area contributed by atoms with E-state index in [2.05, 4.69) is 25.0 Å². The first-order valence-corrected chi connectivity index (χ1v) is 7.79. The average molecular weight is 251 g/mol. The monoisotopic (exact) mass is 251 g/mol. The molecule has 0 radical (unpaired) electrons. The van der Waals surface area contributed by atoms with E-state index in [1.165, 1.54) is 64.3 Å². The molecule has 0 amide bonds. The minimum Gasteiger partial charge on any atom is -0.296 e. The van der Waals surface area contributed by atoms with E-state index in [1.807, 2.05) is 12.2 Å². The van der Waals surface area contributed by atoms with Crippen LogP contribution in [0.25, 0.3) is 0 Å². The topological polar surface area (TPSA) is 3.24 Å². The fraction of sp³-hybridized carbons (Fsp3) is 0.765. The van der Waals surface area contributed by atoms with Gasteiger partial charge in [0.05, 0.1) is 0 Å².